The molecule has 0 atom stereocenters. The quantitative estimate of drug-likeness (QED) is 0.684. The molecule has 0 fully saturated rings. The van der Waals surface area contributed by atoms with Crippen molar-refractivity contribution in [1.29, 1.82) is 0 Å². The third-order valence-electron chi connectivity index (χ3n) is 2.55. The predicted octanol–water partition coefficient (Wildman–Crippen LogP) is 3.63. The lowest BCUT2D eigenvalue weighted by atomic mass is 10.00. The molecule has 0 radical (unpaired) electrons. The lowest BCUT2D eigenvalue weighted by Gasteiger charge is -2.10. The molecule has 0 aromatic heterocycles. The molecule has 0 aliphatic carbocycles. The largest absolute Gasteiger partial charge is 0.494 e. The van der Waals surface area contributed by atoms with Crippen molar-refractivity contribution in [2.24, 2.45) is 0 Å². The van der Waals surface area contributed by atoms with Gasteiger partial charge in [-0.3, -0.25) is 4.79 Å². The van der Waals surface area contributed by atoms with Crippen LogP contribution >= 0.6 is 0 Å². The molecule has 1 aromatic carbocycles. The Morgan fingerprint density at radius 1 is 1.25 bits per heavy atom. The molecule has 0 amide bonds. The van der Waals surface area contributed by atoms with Crippen LogP contribution in [0.2, 0.25) is 0 Å². The highest BCUT2D eigenvalue weighted by atomic mass is 16.5. The van der Waals surface area contributed by atoms with Gasteiger partial charge in [0.25, 0.3) is 0 Å². The molecule has 0 spiro atoms. The summed E-state index contributed by atoms with van der Waals surface area (Å²) in [6.07, 6.45) is 2.42. The van der Waals surface area contributed by atoms with E-state index >= 15 is 0 Å². The van der Waals surface area contributed by atoms with Gasteiger partial charge in [-0.25, -0.2) is 0 Å². The highest BCUT2D eigenvalue weighted by molar-refractivity contribution is 5.97. The van der Waals surface area contributed by atoms with E-state index in [9.17, 15) is 4.79 Å². The SMILES string of the molecule is CCCOc1ccc(C(=O)CC)c(CC)c1. The van der Waals surface area contributed by atoms with E-state index in [0.717, 1.165) is 36.3 Å². The van der Waals surface area contributed by atoms with Gasteiger partial charge < -0.3 is 4.74 Å². The normalized spacial score (nSPS) is 10.2. The van der Waals surface area contributed by atoms with Crippen molar-refractivity contribution < 1.29 is 9.53 Å². The van der Waals surface area contributed by atoms with Gasteiger partial charge in [0.1, 0.15) is 5.75 Å². The zero-order valence-electron chi connectivity index (χ0n) is 10.4. The topological polar surface area (TPSA) is 26.3 Å². The van der Waals surface area contributed by atoms with Gasteiger partial charge in [-0.2, -0.15) is 0 Å². The summed E-state index contributed by atoms with van der Waals surface area (Å²) in [5.41, 5.74) is 1.93. The number of carbonyl (C=O) groups is 1. The van der Waals surface area contributed by atoms with Crippen LogP contribution in [-0.2, 0) is 6.42 Å². The number of benzene rings is 1. The average molecular weight is 220 g/mol. The number of Topliss-reactive ketones (excluding diaryl/α,β-unsaturated/α-hetero) is 1. The van der Waals surface area contributed by atoms with E-state index in [1.807, 2.05) is 25.1 Å². The summed E-state index contributed by atoms with van der Waals surface area (Å²) in [7, 11) is 0. The molecule has 16 heavy (non-hydrogen) atoms. The molecule has 0 N–H and O–H groups in total. The van der Waals surface area contributed by atoms with E-state index in [0.29, 0.717) is 6.42 Å². The number of ether oxygens (including phenoxy) is 1. The first-order chi connectivity index (χ1) is 7.72. The minimum absolute atomic E-state index is 0.207. The molecule has 88 valence electrons. The van der Waals surface area contributed by atoms with Crippen molar-refractivity contribution >= 4 is 5.78 Å². The number of carbonyl (C=O) groups excluding carboxylic acids is 1. The van der Waals surface area contributed by atoms with Gasteiger partial charge in [0.15, 0.2) is 5.78 Å². The summed E-state index contributed by atoms with van der Waals surface area (Å²) in [4.78, 5) is 11.7. The maximum absolute atomic E-state index is 11.7. The Bertz CT molecular complexity index is 356. The number of rotatable bonds is 6. The first-order valence-corrected chi connectivity index (χ1v) is 6.01. The molecular weight excluding hydrogens is 200 g/mol. The lowest BCUT2D eigenvalue weighted by molar-refractivity contribution is 0.0987. The van der Waals surface area contributed by atoms with Crippen LogP contribution in [0.25, 0.3) is 0 Å². The Balaban J connectivity index is 2.92. The van der Waals surface area contributed by atoms with Crippen molar-refractivity contribution in [3.05, 3.63) is 29.3 Å². The predicted molar refractivity (Wildman–Crippen MR) is 66.2 cm³/mol. The third-order valence-corrected chi connectivity index (χ3v) is 2.55. The van der Waals surface area contributed by atoms with Gasteiger partial charge in [-0.05, 0) is 36.6 Å². The smallest absolute Gasteiger partial charge is 0.162 e. The zero-order valence-corrected chi connectivity index (χ0v) is 10.4. The maximum atomic E-state index is 11.7. The van der Waals surface area contributed by atoms with Crippen molar-refractivity contribution in [3.63, 3.8) is 0 Å². The molecule has 0 saturated heterocycles. The Labute approximate surface area is 97.6 Å². The molecule has 0 unspecified atom stereocenters. The summed E-state index contributed by atoms with van der Waals surface area (Å²) >= 11 is 0. The Morgan fingerprint density at radius 2 is 2.00 bits per heavy atom. The van der Waals surface area contributed by atoms with Crippen LogP contribution < -0.4 is 4.74 Å². The van der Waals surface area contributed by atoms with Crippen LogP contribution in [0.4, 0.5) is 0 Å². The molecule has 0 saturated carbocycles. The number of aryl methyl sites for hydroxylation is 1. The molecular formula is C14H20O2. The fourth-order valence-corrected chi connectivity index (χ4v) is 1.63. The first kappa shape index (κ1) is 12.8. The van der Waals surface area contributed by atoms with Gasteiger partial charge in [0.2, 0.25) is 0 Å². The zero-order chi connectivity index (χ0) is 12.0. The first-order valence-electron chi connectivity index (χ1n) is 6.01. The maximum Gasteiger partial charge on any atom is 0.162 e. The summed E-state index contributed by atoms with van der Waals surface area (Å²) in [5, 5.41) is 0. The van der Waals surface area contributed by atoms with E-state index in [1.54, 1.807) is 0 Å². The lowest BCUT2D eigenvalue weighted by Crippen LogP contribution is -2.03. The van der Waals surface area contributed by atoms with Crippen molar-refractivity contribution in [2.45, 2.75) is 40.0 Å². The fraction of sp³-hybridized carbons (Fsp3) is 0.500. The second-order valence-electron chi connectivity index (χ2n) is 3.80. The van der Waals surface area contributed by atoms with Crippen molar-refractivity contribution in [1.82, 2.24) is 0 Å². The van der Waals surface area contributed by atoms with Crippen LogP contribution in [0.5, 0.6) is 5.75 Å². The molecule has 0 bridgehead atoms. The van der Waals surface area contributed by atoms with Crippen LogP contribution in [0, 0.1) is 0 Å². The Hall–Kier alpha value is -1.31. The number of ketones is 1. The Morgan fingerprint density at radius 3 is 2.56 bits per heavy atom. The molecule has 0 aliphatic heterocycles. The minimum Gasteiger partial charge on any atom is -0.494 e. The van der Waals surface area contributed by atoms with Gasteiger partial charge in [-0.1, -0.05) is 20.8 Å². The monoisotopic (exact) mass is 220 g/mol. The molecule has 1 rings (SSSR count). The molecule has 0 heterocycles. The summed E-state index contributed by atoms with van der Waals surface area (Å²) in [6, 6.07) is 5.76. The summed E-state index contributed by atoms with van der Waals surface area (Å²) in [5.74, 6) is 1.07. The van der Waals surface area contributed by atoms with Gasteiger partial charge in [0, 0.05) is 12.0 Å². The van der Waals surface area contributed by atoms with E-state index in [-0.39, 0.29) is 5.78 Å². The van der Waals surface area contributed by atoms with Gasteiger partial charge >= 0.3 is 0 Å². The van der Waals surface area contributed by atoms with Gasteiger partial charge in [0.05, 0.1) is 6.61 Å². The number of hydrogen-bond donors (Lipinski definition) is 0. The number of hydrogen-bond acceptors (Lipinski definition) is 2. The fourth-order valence-electron chi connectivity index (χ4n) is 1.63. The van der Waals surface area contributed by atoms with Crippen LogP contribution in [0.3, 0.4) is 0 Å². The van der Waals surface area contributed by atoms with Crippen molar-refractivity contribution in [2.75, 3.05) is 6.61 Å². The van der Waals surface area contributed by atoms with Crippen LogP contribution in [0.15, 0.2) is 18.2 Å². The summed E-state index contributed by atoms with van der Waals surface area (Å²) in [6.45, 7) is 6.76. The van der Waals surface area contributed by atoms with E-state index in [4.69, 9.17) is 4.74 Å². The minimum atomic E-state index is 0.207. The van der Waals surface area contributed by atoms with Gasteiger partial charge in [-0.15, -0.1) is 0 Å². The summed E-state index contributed by atoms with van der Waals surface area (Å²) < 4.78 is 5.55. The van der Waals surface area contributed by atoms with Crippen LogP contribution in [0.1, 0.15) is 49.5 Å². The molecule has 0 aliphatic rings. The molecule has 1 aromatic rings. The average Bonchev–Trinajstić information content (AvgIpc) is 2.34. The second kappa shape index (κ2) is 6.31. The second-order valence-corrected chi connectivity index (χ2v) is 3.80. The van der Waals surface area contributed by atoms with Crippen LogP contribution in [-0.4, -0.2) is 12.4 Å². The highest BCUT2D eigenvalue weighted by Gasteiger charge is 2.09. The standard InChI is InChI=1S/C14H20O2/c1-4-9-16-12-7-8-13(14(15)6-3)11(5-2)10-12/h7-8,10H,4-6,9H2,1-3H3. The third kappa shape index (κ3) is 3.09. The highest BCUT2D eigenvalue weighted by Crippen LogP contribution is 2.20. The van der Waals surface area contributed by atoms with E-state index in [2.05, 4.69) is 13.8 Å². The Kier molecular flexibility index (Phi) is 5.03. The van der Waals surface area contributed by atoms with Crippen molar-refractivity contribution in [3.8, 4) is 5.75 Å². The van der Waals surface area contributed by atoms with E-state index < -0.39 is 0 Å². The molecule has 2 heteroatoms. The van der Waals surface area contributed by atoms with E-state index in [1.165, 1.54) is 0 Å². The molecule has 2 nitrogen and oxygen atoms in total.